The predicted molar refractivity (Wildman–Crippen MR) is 111 cm³/mol. The van der Waals surface area contributed by atoms with Crippen molar-refractivity contribution in [3.8, 4) is 0 Å². The molecule has 146 valence electrons. The van der Waals surface area contributed by atoms with Gasteiger partial charge >= 0.3 is 0 Å². The first-order valence-corrected chi connectivity index (χ1v) is 9.65. The first kappa shape index (κ1) is 18.2. The van der Waals surface area contributed by atoms with Crippen molar-refractivity contribution in [2.75, 3.05) is 0 Å². The molecule has 3 aromatic carbocycles. The van der Waals surface area contributed by atoms with Crippen molar-refractivity contribution in [3.05, 3.63) is 107 Å². The number of rotatable bonds is 3. The van der Waals surface area contributed by atoms with Crippen LogP contribution in [0.5, 0.6) is 0 Å². The Balaban J connectivity index is 1.68. The summed E-state index contributed by atoms with van der Waals surface area (Å²) in [5.74, 6) is -2.23. The average Bonchev–Trinajstić information content (AvgIpc) is 3.28. The Morgan fingerprint density at radius 1 is 0.833 bits per heavy atom. The number of hydrogen-bond acceptors (Lipinski definition) is 5. The number of carbonyl (C=O) groups is 3. The van der Waals surface area contributed by atoms with Crippen molar-refractivity contribution in [3.63, 3.8) is 0 Å². The van der Waals surface area contributed by atoms with Crippen LogP contribution in [0.15, 0.2) is 84.0 Å². The molecule has 0 N–H and O–H groups in total. The smallest absolute Gasteiger partial charge is 0.274 e. The van der Waals surface area contributed by atoms with E-state index in [4.69, 9.17) is 4.84 Å². The van der Waals surface area contributed by atoms with Gasteiger partial charge in [0.15, 0.2) is 0 Å². The molecule has 0 saturated carbocycles. The Hall–Kier alpha value is -3.86. The third-order valence-corrected chi connectivity index (χ3v) is 5.74. The molecule has 30 heavy (non-hydrogen) atoms. The second kappa shape index (κ2) is 6.59. The van der Waals surface area contributed by atoms with Crippen molar-refractivity contribution in [1.82, 2.24) is 0 Å². The van der Waals surface area contributed by atoms with E-state index in [1.807, 2.05) is 37.3 Å². The average molecular weight is 395 g/mol. The lowest BCUT2D eigenvalue weighted by molar-refractivity contribution is 0.00129. The molecule has 1 atom stereocenters. The molecule has 5 heteroatoms. The molecule has 1 spiro atoms. The van der Waals surface area contributed by atoms with Gasteiger partial charge in [-0.2, -0.15) is 0 Å². The summed E-state index contributed by atoms with van der Waals surface area (Å²) in [6.07, 6.45) is 0. The molecule has 2 aliphatic rings. The van der Waals surface area contributed by atoms with E-state index < -0.39 is 23.1 Å². The van der Waals surface area contributed by atoms with Crippen molar-refractivity contribution >= 4 is 23.1 Å². The summed E-state index contributed by atoms with van der Waals surface area (Å²) in [6, 6.07) is 22.7. The number of hydrogen-bond donors (Lipinski definition) is 0. The van der Waals surface area contributed by atoms with Crippen LogP contribution in [0.4, 0.5) is 0 Å². The summed E-state index contributed by atoms with van der Waals surface area (Å²) in [7, 11) is 0. The molecule has 0 amide bonds. The molecule has 1 heterocycles. The summed E-state index contributed by atoms with van der Waals surface area (Å²) in [4.78, 5) is 45.8. The van der Waals surface area contributed by atoms with Gasteiger partial charge in [-0.25, -0.2) is 0 Å². The predicted octanol–water partition coefficient (Wildman–Crippen LogP) is 4.17. The third kappa shape index (κ3) is 2.42. The molecule has 5 rings (SSSR count). The standard InChI is InChI=1S/C25H17NO4/c1-15-11-13-16(14-12-15)20-21(22(27)17-7-3-2-4-8-17)26-30-25(20)23(28)18-9-5-6-10-19(18)24(25)29/h2-14,20H,1H3/t20-/m1/s1. The normalized spacial score (nSPS) is 18.8. The molecule has 0 fully saturated rings. The fourth-order valence-corrected chi connectivity index (χ4v) is 4.21. The summed E-state index contributed by atoms with van der Waals surface area (Å²) in [5.41, 5.74) is 0.830. The van der Waals surface area contributed by atoms with E-state index in [2.05, 4.69) is 5.16 Å². The highest BCUT2D eigenvalue weighted by atomic mass is 16.7. The molecule has 0 radical (unpaired) electrons. The lowest BCUT2D eigenvalue weighted by Gasteiger charge is -2.26. The van der Waals surface area contributed by atoms with Crippen molar-refractivity contribution in [1.29, 1.82) is 0 Å². The first-order valence-electron chi connectivity index (χ1n) is 9.65. The van der Waals surface area contributed by atoms with E-state index in [9.17, 15) is 14.4 Å². The quantitative estimate of drug-likeness (QED) is 0.493. The van der Waals surface area contributed by atoms with E-state index in [-0.39, 0.29) is 11.5 Å². The maximum atomic E-state index is 13.5. The number of benzene rings is 3. The van der Waals surface area contributed by atoms with Gasteiger partial charge < -0.3 is 4.84 Å². The first-order chi connectivity index (χ1) is 14.5. The monoisotopic (exact) mass is 395 g/mol. The van der Waals surface area contributed by atoms with Crippen molar-refractivity contribution < 1.29 is 19.2 Å². The molecule has 0 saturated heterocycles. The van der Waals surface area contributed by atoms with Gasteiger partial charge in [0.25, 0.3) is 5.60 Å². The van der Waals surface area contributed by atoms with E-state index in [0.29, 0.717) is 22.3 Å². The van der Waals surface area contributed by atoms with Gasteiger partial charge in [0, 0.05) is 16.7 Å². The molecule has 0 aromatic heterocycles. The zero-order valence-electron chi connectivity index (χ0n) is 16.2. The fraction of sp³-hybridized carbons (Fsp3) is 0.120. The summed E-state index contributed by atoms with van der Waals surface area (Å²) < 4.78 is 0. The molecule has 0 unspecified atom stereocenters. The van der Waals surface area contributed by atoms with Crippen molar-refractivity contribution in [2.24, 2.45) is 5.16 Å². The zero-order chi connectivity index (χ0) is 20.9. The van der Waals surface area contributed by atoms with E-state index in [1.54, 1.807) is 48.5 Å². The highest BCUT2D eigenvalue weighted by molar-refractivity contribution is 6.51. The van der Waals surface area contributed by atoms with Gasteiger partial charge in [0.2, 0.25) is 17.3 Å². The van der Waals surface area contributed by atoms with Crippen LogP contribution in [0, 0.1) is 6.92 Å². The Morgan fingerprint density at radius 3 is 2.00 bits per heavy atom. The molecule has 0 bridgehead atoms. The maximum Gasteiger partial charge on any atom is 0.274 e. The van der Waals surface area contributed by atoms with Crippen molar-refractivity contribution in [2.45, 2.75) is 18.4 Å². The van der Waals surface area contributed by atoms with Gasteiger partial charge in [0.1, 0.15) is 5.71 Å². The van der Waals surface area contributed by atoms with Crippen LogP contribution in [0.1, 0.15) is 48.1 Å². The number of fused-ring (bicyclic) bond motifs is 1. The SMILES string of the molecule is Cc1ccc([C@@H]2C(C(=O)c3ccccc3)=NOC23C(=O)c2ccccc2C3=O)cc1. The molecular formula is C25H17NO4. The van der Waals surface area contributed by atoms with E-state index in [0.717, 1.165) is 5.56 Å². The van der Waals surface area contributed by atoms with Crippen LogP contribution in [0.2, 0.25) is 0 Å². The molecule has 1 aliphatic heterocycles. The molecule has 5 nitrogen and oxygen atoms in total. The van der Waals surface area contributed by atoms with Crippen LogP contribution in [-0.2, 0) is 4.84 Å². The minimum Gasteiger partial charge on any atom is -0.371 e. The fourth-order valence-electron chi connectivity index (χ4n) is 4.21. The maximum absolute atomic E-state index is 13.5. The van der Waals surface area contributed by atoms with Gasteiger partial charge in [-0.15, -0.1) is 0 Å². The van der Waals surface area contributed by atoms with Gasteiger partial charge in [0.05, 0.1) is 5.92 Å². The number of oxime groups is 1. The van der Waals surface area contributed by atoms with Crippen LogP contribution in [-0.4, -0.2) is 28.7 Å². The van der Waals surface area contributed by atoms with Gasteiger partial charge in [-0.05, 0) is 12.5 Å². The summed E-state index contributed by atoms with van der Waals surface area (Å²) in [6.45, 7) is 1.94. The lowest BCUT2D eigenvalue weighted by Crippen LogP contribution is -2.48. The molecule has 1 aliphatic carbocycles. The van der Waals surface area contributed by atoms with Crippen LogP contribution in [0.3, 0.4) is 0 Å². The number of ketones is 3. The second-order valence-electron chi connectivity index (χ2n) is 7.55. The number of nitrogens with zero attached hydrogens (tertiary/aromatic N) is 1. The lowest BCUT2D eigenvalue weighted by atomic mass is 9.74. The summed E-state index contributed by atoms with van der Waals surface area (Å²) in [5, 5.41) is 4.04. The zero-order valence-corrected chi connectivity index (χ0v) is 16.2. The van der Waals surface area contributed by atoms with Crippen LogP contribution < -0.4 is 0 Å². The van der Waals surface area contributed by atoms with E-state index in [1.165, 1.54) is 0 Å². The van der Waals surface area contributed by atoms with Crippen LogP contribution >= 0.6 is 0 Å². The topological polar surface area (TPSA) is 72.8 Å². The van der Waals surface area contributed by atoms with E-state index >= 15 is 0 Å². The number of Topliss-reactive ketones (excluding diaryl/α,β-unsaturated/α-hetero) is 3. The number of carbonyl (C=O) groups excluding carboxylic acids is 3. The largest absolute Gasteiger partial charge is 0.371 e. The minimum atomic E-state index is -1.89. The summed E-state index contributed by atoms with van der Waals surface area (Å²) >= 11 is 0. The van der Waals surface area contributed by atoms with Gasteiger partial charge in [-0.1, -0.05) is 89.6 Å². The minimum absolute atomic E-state index is 0.0551. The van der Waals surface area contributed by atoms with Crippen LogP contribution in [0.25, 0.3) is 0 Å². The molecular weight excluding hydrogens is 378 g/mol. The second-order valence-corrected chi connectivity index (χ2v) is 7.55. The Labute approximate surface area is 173 Å². The third-order valence-electron chi connectivity index (χ3n) is 5.74. The Bertz CT molecular complexity index is 1190. The number of aryl methyl sites for hydroxylation is 1. The highest BCUT2D eigenvalue weighted by Gasteiger charge is 2.66. The Morgan fingerprint density at radius 2 is 1.40 bits per heavy atom. The Kier molecular flexibility index (Phi) is 4.00. The highest BCUT2D eigenvalue weighted by Crippen LogP contribution is 2.47. The molecule has 3 aromatic rings. The van der Waals surface area contributed by atoms with Gasteiger partial charge in [-0.3, -0.25) is 14.4 Å².